The smallest absolute Gasteiger partial charge is 0.343 e. The Morgan fingerprint density at radius 2 is 1.61 bits per heavy atom. The van der Waals surface area contributed by atoms with Gasteiger partial charge in [-0.2, -0.15) is 0 Å². The number of morpholine rings is 1. The number of ether oxygens (including phenoxy) is 2. The first kappa shape index (κ1) is 35.4. The lowest BCUT2D eigenvalue weighted by Gasteiger charge is -2.25. The zero-order valence-electron chi connectivity index (χ0n) is 22.1. The summed E-state index contributed by atoms with van der Waals surface area (Å²) in [5.41, 5.74) is 19.1. The molecule has 0 unspecified atom stereocenters. The number of primary amides is 1. The standard InChI is InChI=1S/C27H31N7O4.3ClH/c28-24(35)16-22-21-7-3-19(25(29)30)15-18(21)4-8-23(22)38-26(36)17-1-5-20(6-2-17)33-27(31)32-9-10-34-11-13-37-14-12-34;;;/h1-8,15H,9-14,16H2,(H2,28,35)(H3,29,30)(H3,31,32,33);3*1H. The normalized spacial score (nSPS) is 13.2. The number of hydrogen-bond acceptors (Lipinski definition) is 7. The fourth-order valence-corrected chi connectivity index (χ4v) is 4.17. The molecule has 0 spiro atoms. The van der Waals surface area contributed by atoms with Crippen LogP contribution in [-0.4, -0.2) is 68.0 Å². The van der Waals surface area contributed by atoms with Gasteiger partial charge in [0.25, 0.3) is 0 Å². The average molecular weight is 627 g/mol. The molecule has 11 nitrogen and oxygen atoms in total. The fourth-order valence-electron chi connectivity index (χ4n) is 4.17. The van der Waals surface area contributed by atoms with Crippen LogP contribution < -0.4 is 27.3 Å². The molecule has 0 aromatic heterocycles. The van der Waals surface area contributed by atoms with E-state index in [0.29, 0.717) is 34.3 Å². The number of amidine groups is 1. The highest BCUT2D eigenvalue weighted by atomic mass is 35.5. The van der Waals surface area contributed by atoms with Crippen LogP contribution in [0.5, 0.6) is 5.75 Å². The number of amides is 1. The second-order valence-corrected chi connectivity index (χ2v) is 8.85. The van der Waals surface area contributed by atoms with Crippen LogP contribution >= 0.6 is 37.2 Å². The Labute approximate surface area is 256 Å². The van der Waals surface area contributed by atoms with Crippen LogP contribution in [0.4, 0.5) is 5.69 Å². The van der Waals surface area contributed by atoms with Crippen molar-refractivity contribution in [2.75, 3.05) is 44.7 Å². The number of rotatable bonds is 9. The van der Waals surface area contributed by atoms with E-state index < -0.39 is 11.9 Å². The van der Waals surface area contributed by atoms with Crippen molar-refractivity contribution in [3.63, 3.8) is 0 Å². The minimum Gasteiger partial charge on any atom is -0.423 e. The SMILES string of the molecule is Cl.Cl.Cl.N=C(N)c1ccc2c(CC(N)=O)c(OC(=O)c3ccc(NC(N)=NCCN4CCOCC4)cc3)ccc2c1. The van der Waals surface area contributed by atoms with E-state index in [1.54, 1.807) is 54.6 Å². The van der Waals surface area contributed by atoms with Crippen LogP contribution in [0.1, 0.15) is 21.5 Å². The number of guanidine groups is 1. The Morgan fingerprint density at radius 3 is 2.24 bits per heavy atom. The highest BCUT2D eigenvalue weighted by molar-refractivity contribution is 6.01. The number of esters is 1. The first-order chi connectivity index (χ1) is 18.3. The number of anilines is 1. The molecule has 4 rings (SSSR count). The number of halogens is 3. The maximum atomic E-state index is 12.9. The molecule has 1 aliphatic rings. The van der Waals surface area contributed by atoms with Gasteiger partial charge in [0.2, 0.25) is 5.91 Å². The molecule has 3 aromatic rings. The molecule has 41 heavy (non-hydrogen) atoms. The summed E-state index contributed by atoms with van der Waals surface area (Å²) >= 11 is 0. The molecule has 0 radical (unpaired) electrons. The van der Waals surface area contributed by atoms with Gasteiger partial charge in [0.15, 0.2) is 5.96 Å². The van der Waals surface area contributed by atoms with Crippen molar-refractivity contribution < 1.29 is 19.1 Å². The monoisotopic (exact) mass is 625 g/mol. The highest BCUT2D eigenvalue weighted by Crippen LogP contribution is 2.30. The van der Waals surface area contributed by atoms with Crippen molar-refractivity contribution in [3.8, 4) is 5.75 Å². The molecule has 0 bridgehead atoms. The molecule has 1 amide bonds. The summed E-state index contributed by atoms with van der Waals surface area (Å²) in [5, 5.41) is 12.1. The maximum Gasteiger partial charge on any atom is 0.343 e. The fraction of sp³-hybridized carbons (Fsp3) is 0.259. The number of benzene rings is 3. The Morgan fingerprint density at radius 1 is 0.951 bits per heavy atom. The maximum absolute atomic E-state index is 12.9. The van der Waals surface area contributed by atoms with Gasteiger partial charge < -0.3 is 32.0 Å². The lowest BCUT2D eigenvalue weighted by molar-refractivity contribution is -0.117. The highest BCUT2D eigenvalue weighted by Gasteiger charge is 2.17. The number of fused-ring (bicyclic) bond motifs is 1. The molecular weight excluding hydrogens is 593 g/mol. The molecule has 3 aromatic carbocycles. The Hall–Kier alpha value is -3.61. The first-order valence-electron chi connectivity index (χ1n) is 12.2. The summed E-state index contributed by atoms with van der Waals surface area (Å²) in [7, 11) is 0. The largest absolute Gasteiger partial charge is 0.423 e. The van der Waals surface area contributed by atoms with Crippen molar-refractivity contribution in [1.82, 2.24) is 4.90 Å². The number of aliphatic imine (C=N–C) groups is 1. The lowest BCUT2D eigenvalue weighted by atomic mass is 9.98. The molecule has 222 valence electrons. The van der Waals surface area contributed by atoms with Crippen LogP contribution in [0.25, 0.3) is 10.8 Å². The topological polar surface area (TPSA) is 182 Å². The summed E-state index contributed by atoms with van der Waals surface area (Å²) < 4.78 is 11.0. The molecule has 1 aliphatic heterocycles. The summed E-state index contributed by atoms with van der Waals surface area (Å²) in [4.78, 5) is 31.3. The summed E-state index contributed by atoms with van der Waals surface area (Å²) in [6.45, 7) is 4.64. The van der Waals surface area contributed by atoms with Crippen LogP contribution in [-0.2, 0) is 16.0 Å². The molecule has 0 atom stereocenters. The number of nitrogens with one attached hydrogen (secondary N) is 2. The van der Waals surface area contributed by atoms with Crippen LogP contribution in [0.3, 0.4) is 0 Å². The summed E-state index contributed by atoms with van der Waals surface area (Å²) in [6.07, 6.45) is -0.119. The van der Waals surface area contributed by atoms with Gasteiger partial charge in [-0.15, -0.1) is 37.2 Å². The third-order valence-electron chi connectivity index (χ3n) is 6.15. The van der Waals surface area contributed by atoms with Crippen molar-refractivity contribution >= 4 is 77.4 Å². The van der Waals surface area contributed by atoms with Crippen LogP contribution in [0, 0.1) is 5.41 Å². The first-order valence-corrected chi connectivity index (χ1v) is 12.2. The van der Waals surface area contributed by atoms with E-state index in [-0.39, 0.29) is 61.2 Å². The summed E-state index contributed by atoms with van der Waals surface area (Å²) in [5.74, 6) is -0.707. The number of nitrogens with two attached hydrogens (primary N) is 3. The predicted molar refractivity (Wildman–Crippen MR) is 168 cm³/mol. The van der Waals surface area contributed by atoms with Crippen molar-refractivity contribution in [2.45, 2.75) is 6.42 Å². The number of nitrogen functional groups attached to an aromatic ring is 1. The van der Waals surface area contributed by atoms with Gasteiger partial charge in [0, 0.05) is 36.4 Å². The van der Waals surface area contributed by atoms with Gasteiger partial charge >= 0.3 is 5.97 Å². The second kappa shape index (κ2) is 16.6. The Bertz CT molecular complexity index is 1380. The molecule has 14 heteroatoms. The lowest BCUT2D eigenvalue weighted by Crippen LogP contribution is -2.38. The number of hydrogen-bond donors (Lipinski definition) is 5. The second-order valence-electron chi connectivity index (χ2n) is 8.85. The van der Waals surface area contributed by atoms with Crippen LogP contribution in [0.15, 0.2) is 59.6 Å². The number of carbonyl (C=O) groups excluding carboxylic acids is 2. The number of nitrogens with zero attached hydrogens (tertiary/aromatic N) is 2. The quantitative estimate of drug-likeness (QED) is 0.104. The number of carbonyl (C=O) groups is 2. The van der Waals surface area contributed by atoms with Gasteiger partial charge in [-0.1, -0.05) is 18.2 Å². The van der Waals surface area contributed by atoms with Crippen LogP contribution in [0.2, 0.25) is 0 Å². The van der Waals surface area contributed by atoms with Gasteiger partial charge in [0.05, 0.1) is 31.7 Å². The molecule has 0 aliphatic carbocycles. The van der Waals surface area contributed by atoms with E-state index in [9.17, 15) is 9.59 Å². The van der Waals surface area contributed by atoms with E-state index in [2.05, 4.69) is 15.2 Å². The molecule has 0 saturated carbocycles. The van der Waals surface area contributed by atoms with E-state index in [1.165, 1.54) is 0 Å². The van der Waals surface area contributed by atoms with Gasteiger partial charge in [0.1, 0.15) is 11.6 Å². The minimum absolute atomic E-state index is 0. The Kier molecular flexibility index (Phi) is 14.3. The predicted octanol–water partition coefficient (Wildman–Crippen LogP) is 2.70. The van der Waals surface area contributed by atoms with Gasteiger partial charge in [-0.05, 0) is 47.2 Å². The van der Waals surface area contributed by atoms with E-state index in [4.69, 9.17) is 32.1 Å². The Balaban J connectivity index is 0.00000280. The molecule has 8 N–H and O–H groups in total. The zero-order chi connectivity index (χ0) is 27.1. The van der Waals surface area contributed by atoms with Crippen molar-refractivity contribution in [2.24, 2.45) is 22.2 Å². The van der Waals surface area contributed by atoms with Gasteiger partial charge in [-0.3, -0.25) is 20.1 Å². The van der Waals surface area contributed by atoms with E-state index in [1.807, 2.05) is 0 Å². The van der Waals surface area contributed by atoms with Crippen molar-refractivity contribution in [3.05, 3.63) is 71.3 Å². The minimum atomic E-state index is -0.589. The third kappa shape index (κ3) is 9.76. The van der Waals surface area contributed by atoms with E-state index >= 15 is 0 Å². The van der Waals surface area contributed by atoms with E-state index in [0.717, 1.165) is 38.2 Å². The van der Waals surface area contributed by atoms with Gasteiger partial charge in [-0.25, -0.2) is 4.79 Å². The van der Waals surface area contributed by atoms with Crippen molar-refractivity contribution in [1.29, 1.82) is 5.41 Å². The average Bonchev–Trinajstić information content (AvgIpc) is 2.90. The summed E-state index contributed by atoms with van der Waals surface area (Å²) in [6, 6.07) is 15.1. The molecule has 1 saturated heterocycles. The zero-order valence-corrected chi connectivity index (χ0v) is 24.6. The molecular formula is C27H34Cl3N7O4. The third-order valence-corrected chi connectivity index (χ3v) is 6.15. The molecule has 1 fully saturated rings. The molecule has 1 heterocycles.